The van der Waals surface area contributed by atoms with E-state index in [0.717, 1.165) is 36.2 Å². The van der Waals surface area contributed by atoms with Crippen LogP contribution in [-0.4, -0.2) is 66.8 Å². The Morgan fingerprint density at radius 1 is 0.854 bits per heavy atom. The maximum absolute atomic E-state index is 13.7. The van der Waals surface area contributed by atoms with Crippen molar-refractivity contribution in [1.82, 2.24) is 9.80 Å². The average Bonchev–Trinajstić information content (AvgIpc) is 3.25. The van der Waals surface area contributed by atoms with Gasteiger partial charge in [0.2, 0.25) is 5.91 Å². The van der Waals surface area contributed by atoms with E-state index >= 15 is 0 Å². The number of amides is 3. The molecule has 1 N–H and O–H groups in total. The van der Waals surface area contributed by atoms with Gasteiger partial charge in [-0.15, -0.1) is 0 Å². The molecule has 41 heavy (non-hydrogen) atoms. The fourth-order valence-electron chi connectivity index (χ4n) is 5.49. The molecule has 1 atom stereocenters. The molecule has 1 unspecified atom stereocenters. The van der Waals surface area contributed by atoms with Gasteiger partial charge in [0, 0.05) is 56.2 Å². The molecule has 1 fully saturated rings. The second-order valence-electron chi connectivity index (χ2n) is 10.6. The van der Waals surface area contributed by atoms with Crippen molar-refractivity contribution in [2.24, 2.45) is 0 Å². The lowest BCUT2D eigenvalue weighted by molar-refractivity contribution is -0.132. The summed E-state index contributed by atoms with van der Waals surface area (Å²) >= 11 is 0. The normalized spacial score (nSPS) is 14.2. The Morgan fingerprint density at radius 2 is 1.56 bits per heavy atom. The second kappa shape index (κ2) is 14.0. The molecule has 1 heterocycles. The molecular formula is C34H42N4O3. The van der Waals surface area contributed by atoms with Crippen LogP contribution in [0.2, 0.25) is 0 Å². The molecule has 0 spiro atoms. The first-order valence-electron chi connectivity index (χ1n) is 14.8. The third-order valence-electron chi connectivity index (χ3n) is 7.91. The van der Waals surface area contributed by atoms with Crippen LogP contribution in [0, 0.1) is 6.92 Å². The highest BCUT2D eigenvalue weighted by atomic mass is 16.2. The van der Waals surface area contributed by atoms with Crippen LogP contribution in [0.4, 0.5) is 11.4 Å². The van der Waals surface area contributed by atoms with Crippen molar-refractivity contribution < 1.29 is 14.4 Å². The lowest BCUT2D eigenvalue weighted by Crippen LogP contribution is -2.38. The van der Waals surface area contributed by atoms with E-state index in [0.29, 0.717) is 49.5 Å². The highest BCUT2D eigenvalue weighted by Gasteiger charge is 2.28. The van der Waals surface area contributed by atoms with Gasteiger partial charge in [0.15, 0.2) is 0 Å². The first-order valence-corrected chi connectivity index (χ1v) is 14.8. The lowest BCUT2D eigenvalue weighted by atomic mass is 9.95. The summed E-state index contributed by atoms with van der Waals surface area (Å²) in [7, 11) is 0. The van der Waals surface area contributed by atoms with Crippen LogP contribution in [0.3, 0.4) is 0 Å². The zero-order valence-electron chi connectivity index (χ0n) is 24.7. The van der Waals surface area contributed by atoms with Gasteiger partial charge >= 0.3 is 0 Å². The van der Waals surface area contributed by atoms with Crippen LogP contribution in [0.25, 0.3) is 0 Å². The number of anilines is 2. The molecule has 216 valence electrons. The van der Waals surface area contributed by atoms with Crippen LogP contribution >= 0.6 is 0 Å². The zero-order chi connectivity index (χ0) is 29.4. The first-order chi connectivity index (χ1) is 19.9. The van der Waals surface area contributed by atoms with E-state index in [1.54, 1.807) is 23.1 Å². The fraction of sp³-hybridized carbons (Fsp3) is 0.382. The number of benzene rings is 3. The molecule has 0 saturated carbocycles. The monoisotopic (exact) mass is 554 g/mol. The molecule has 1 saturated heterocycles. The maximum atomic E-state index is 13.7. The minimum Gasteiger partial charge on any atom is -0.369 e. The SMILES string of the molecule is CCC(C(=O)N1CCCN(c2ccc(NC(=O)c3ccc(C)cc3)cc2C(=O)N(CC)CC)CC1)c1ccccc1. The quantitative estimate of drug-likeness (QED) is 0.354. The van der Waals surface area contributed by atoms with E-state index < -0.39 is 0 Å². The lowest BCUT2D eigenvalue weighted by Gasteiger charge is -2.29. The first kappa shape index (κ1) is 29.8. The van der Waals surface area contributed by atoms with Crippen LogP contribution in [0.5, 0.6) is 0 Å². The summed E-state index contributed by atoms with van der Waals surface area (Å²) in [6, 6.07) is 23.0. The number of nitrogens with zero attached hydrogens (tertiary/aromatic N) is 3. The molecule has 0 bridgehead atoms. The van der Waals surface area contributed by atoms with Crippen molar-refractivity contribution in [1.29, 1.82) is 0 Å². The number of hydrogen-bond donors (Lipinski definition) is 1. The van der Waals surface area contributed by atoms with Gasteiger partial charge in [-0.25, -0.2) is 0 Å². The van der Waals surface area contributed by atoms with E-state index in [9.17, 15) is 14.4 Å². The third-order valence-corrected chi connectivity index (χ3v) is 7.91. The van der Waals surface area contributed by atoms with Crippen LogP contribution in [0.1, 0.15) is 71.4 Å². The molecule has 3 amide bonds. The largest absolute Gasteiger partial charge is 0.369 e. The number of aryl methyl sites for hydroxylation is 1. The highest BCUT2D eigenvalue weighted by Crippen LogP contribution is 2.29. The molecule has 1 aliphatic rings. The Kier molecular flexibility index (Phi) is 10.2. The van der Waals surface area contributed by atoms with Crippen molar-refractivity contribution in [3.05, 3.63) is 95.1 Å². The van der Waals surface area contributed by atoms with Gasteiger partial charge in [0.1, 0.15) is 0 Å². The van der Waals surface area contributed by atoms with E-state index in [2.05, 4.69) is 17.1 Å². The van der Waals surface area contributed by atoms with Crippen LogP contribution in [0.15, 0.2) is 72.8 Å². The van der Waals surface area contributed by atoms with Gasteiger partial charge in [-0.2, -0.15) is 0 Å². The smallest absolute Gasteiger partial charge is 0.256 e. The average molecular weight is 555 g/mol. The molecule has 0 radical (unpaired) electrons. The van der Waals surface area contributed by atoms with Crippen LogP contribution < -0.4 is 10.2 Å². The Labute approximate surface area is 244 Å². The number of carbonyl (C=O) groups is 3. The molecule has 0 aromatic heterocycles. The van der Waals surface area contributed by atoms with Gasteiger partial charge in [0.25, 0.3) is 11.8 Å². The summed E-state index contributed by atoms with van der Waals surface area (Å²) < 4.78 is 0. The predicted molar refractivity (Wildman–Crippen MR) is 166 cm³/mol. The summed E-state index contributed by atoms with van der Waals surface area (Å²) in [5, 5.41) is 2.97. The molecule has 7 nitrogen and oxygen atoms in total. The number of hydrogen-bond acceptors (Lipinski definition) is 4. The highest BCUT2D eigenvalue weighted by molar-refractivity contribution is 6.06. The zero-order valence-corrected chi connectivity index (χ0v) is 24.7. The number of rotatable bonds is 9. The van der Waals surface area contributed by atoms with Crippen molar-refractivity contribution in [2.45, 2.75) is 46.5 Å². The molecule has 3 aromatic rings. The Bertz CT molecular complexity index is 1340. The molecule has 4 rings (SSSR count). The molecule has 7 heteroatoms. The summed E-state index contributed by atoms with van der Waals surface area (Å²) in [5.41, 5.74) is 4.67. The van der Waals surface area contributed by atoms with Crippen molar-refractivity contribution >= 4 is 29.1 Å². The van der Waals surface area contributed by atoms with E-state index in [1.165, 1.54) is 0 Å². The maximum Gasteiger partial charge on any atom is 0.256 e. The Hall–Kier alpha value is -4.13. The van der Waals surface area contributed by atoms with Crippen molar-refractivity contribution in [2.75, 3.05) is 49.5 Å². The summed E-state index contributed by atoms with van der Waals surface area (Å²) in [5.74, 6) is -0.274. The second-order valence-corrected chi connectivity index (χ2v) is 10.6. The number of carbonyl (C=O) groups excluding carboxylic acids is 3. The van der Waals surface area contributed by atoms with Gasteiger partial charge < -0.3 is 20.0 Å². The van der Waals surface area contributed by atoms with Crippen LogP contribution in [-0.2, 0) is 4.79 Å². The molecule has 1 aliphatic heterocycles. The summed E-state index contributed by atoms with van der Waals surface area (Å²) in [6.45, 7) is 11.8. The van der Waals surface area contributed by atoms with Gasteiger partial charge in [-0.05, 0) is 69.5 Å². The Balaban J connectivity index is 1.56. The molecular weight excluding hydrogens is 512 g/mol. The van der Waals surface area contributed by atoms with Crippen molar-refractivity contribution in [3.8, 4) is 0 Å². The van der Waals surface area contributed by atoms with Gasteiger partial charge in [0.05, 0.1) is 11.5 Å². The fourth-order valence-corrected chi connectivity index (χ4v) is 5.49. The predicted octanol–water partition coefficient (Wildman–Crippen LogP) is 5.96. The van der Waals surface area contributed by atoms with Gasteiger partial charge in [-0.1, -0.05) is 55.0 Å². The van der Waals surface area contributed by atoms with Crippen molar-refractivity contribution in [3.63, 3.8) is 0 Å². The standard InChI is InChI=1S/C34H42N4O3/c1-5-29(26-12-9-8-10-13-26)33(40)38-21-11-20-37(22-23-38)31-19-18-28(24-30(31)34(41)36(6-2)7-3)35-32(39)27-16-14-25(4)15-17-27/h8-10,12-19,24,29H,5-7,11,20-23H2,1-4H3,(H,35,39). The van der Waals surface area contributed by atoms with E-state index in [1.807, 2.05) is 80.3 Å². The third kappa shape index (κ3) is 7.15. The van der Waals surface area contributed by atoms with E-state index in [4.69, 9.17) is 0 Å². The molecule has 3 aromatic carbocycles. The van der Waals surface area contributed by atoms with Gasteiger partial charge in [-0.3, -0.25) is 14.4 Å². The molecule has 0 aliphatic carbocycles. The minimum atomic E-state index is -0.216. The minimum absolute atomic E-state index is 0.0660. The summed E-state index contributed by atoms with van der Waals surface area (Å²) in [6.07, 6.45) is 1.56. The topological polar surface area (TPSA) is 73.0 Å². The number of nitrogens with one attached hydrogen (secondary N) is 1. The Morgan fingerprint density at radius 3 is 2.22 bits per heavy atom. The van der Waals surface area contributed by atoms with E-state index in [-0.39, 0.29) is 23.6 Å². The summed E-state index contributed by atoms with van der Waals surface area (Å²) in [4.78, 5) is 46.1.